The molecule has 1 aliphatic heterocycles. The summed E-state index contributed by atoms with van der Waals surface area (Å²) in [6.07, 6.45) is -0.491. The van der Waals surface area contributed by atoms with Gasteiger partial charge in [0.2, 0.25) is 0 Å². The number of hydrogen-bond acceptors (Lipinski definition) is 5. The SMILES string of the molecule is Cc1ccc(-c2c3c(=O)n(C)c(=O)n(C)c3c3n2CCO[C@@H]3c2ccccc2)cc1[N+](=O)[O-]. The van der Waals surface area contributed by atoms with Crippen molar-refractivity contribution in [2.24, 2.45) is 14.1 Å². The van der Waals surface area contributed by atoms with Crippen LogP contribution < -0.4 is 11.2 Å². The van der Waals surface area contributed by atoms with Crippen molar-refractivity contribution in [3.05, 3.63) is 96.3 Å². The van der Waals surface area contributed by atoms with Gasteiger partial charge in [0, 0.05) is 37.8 Å². The number of benzene rings is 2. The Labute approximate surface area is 188 Å². The number of nitro benzene ring substituents is 1. The first-order valence-corrected chi connectivity index (χ1v) is 10.5. The molecule has 0 bridgehead atoms. The molecule has 0 amide bonds. The maximum absolute atomic E-state index is 13.4. The van der Waals surface area contributed by atoms with Crippen molar-refractivity contribution in [2.45, 2.75) is 19.6 Å². The third-order valence-corrected chi connectivity index (χ3v) is 6.33. The van der Waals surface area contributed by atoms with Crippen molar-refractivity contribution in [3.8, 4) is 11.3 Å². The van der Waals surface area contributed by atoms with Crippen molar-refractivity contribution in [1.82, 2.24) is 13.7 Å². The maximum atomic E-state index is 13.4. The first-order valence-electron chi connectivity index (χ1n) is 10.5. The van der Waals surface area contributed by atoms with Gasteiger partial charge in [-0.2, -0.15) is 0 Å². The minimum atomic E-state index is -0.491. The normalized spacial score (nSPS) is 15.5. The Balaban J connectivity index is 1.95. The highest BCUT2D eigenvalue weighted by atomic mass is 16.6. The van der Waals surface area contributed by atoms with Crippen LogP contribution in [-0.2, 0) is 25.4 Å². The molecule has 168 valence electrons. The van der Waals surface area contributed by atoms with E-state index in [0.717, 1.165) is 10.1 Å². The average molecular weight is 446 g/mol. The van der Waals surface area contributed by atoms with Gasteiger partial charge < -0.3 is 9.30 Å². The van der Waals surface area contributed by atoms with Crippen LogP contribution in [-0.4, -0.2) is 25.2 Å². The number of ether oxygens (including phenoxy) is 1. The second kappa shape index (κ2) is 7.56. The first-order chi connectivity index (χ1) is 15.8. The molecule has 0 spiro atoms. The Hall–Kier alpha value is -3.98. The lowest BCUT2D eigenvalue weighted by Crippen LogP contribution is -2.37. The standard InChI is InChI=1S/C24H22N4O5/c1-14-9-10-16(13-17(14)28(31)32)19-18-20(25(2)24(30)26(3)23(18)29)21-22(33-12-11-27(19)21)15-7-5-4-6-8-15/h4-10,13,22H,11-12H2,1-3H3/t22-/m1/s1. The van der Waals surface area contributed by atoms with E-state index in [2.05, 4.69) is 0 Å². The van der Waals surface area contributed by atoms with Crippen LogP contribution in [0.4, 0.5) is 5.69 Å². The Bertz CT molecular complexity index is 1550. The molecule has 9 heteroatoms. The van der Waals surface area contributed by atoms with Crippen LogP contribution in [0.25, 0.3) is 22.2 Å². The Morgan fingerprint density at radius 1 is 1.06 bits per heavy atom. The number of aryl methyl sites for hydroxylation is 2. The van der Waals surface area contributed by atoms with Crippen molar-refractivity contribution in [1.29, 1.82) is 0 Å². The van der Waals surface area contributed by atoms with Crippen LogP contribution in [0.15, 0.2) is 58.1 Å². The summed E-state index contributed by atoms with van der Waals surface area (Å²) < 4.78 is 10.6. The topological polar surface area (TPSA) is 101 Å². The van der Waals surface area contributed by atoms with E-state index in [1.807, 2.05) is 34.9 Å². The molecule has 1 atom stereocenters. The molecule has 3 heterocycles. The van der Waals surface area contributed by atoms with Gasteiger partial charge in [-0.15, -0.1) is 0 Å². The monoisotopic (exact) mass is 446 g/mol. The Morgan fingerprint density at radius 3 is 2.48 bits per heavy atom. The van der Waals surface area contributed by atoms with Gasteiger partial charge in [0.25, 0.3) is 11.2 Å². The van der Waals surface area contributed by atoms with Gasteiger partial charge in [0.05, 0.1) is 33.8 Å². The third-order valence-electron chi connectivity index (χ3n) is 6.33. The molecule has 33 heavy (non-hydrogen) atoms. The van der Waals surface area contributed by atoms with E-state index < -0.39 is 22.3 Å². The summed E-state index contributed by atoms with van der Waals surface area (Å²) in [5.41, 5.74) is 2.80. The van der Waals surface area contributed by atoms with Gasteiger partial charge in [0.1, 0.15) is 6.10 Å². The highest BCUT2D eigenvalue weighted by molar-refractivity contribution is 5.97. The molecular formula is C24H22N4O5. The highest BCUT2D eigenvalue weighted by Gasteiger charge is 2.33. The summed E-state index contributed by atoms with van der Waals surface area (Å²) in [6, 6.07) is 14.6. The predicted octanol–water partition coefficient (Wildman–Crippen LogP) is 3.04. The quantitative estimate of drug-likeness (QED) is 0.356. The molecule has 2 aromatic carbocycles. The highest BCUT2D eigenvalue weighted by Crippen LogP contribution is 2.41. The molecule has 0 saturated carbocycles. The number of nitrogens with zero attached hydrogens (tertiary/aromatic N) is 4. The van der Waals surface area contributed by atoms with E-state index in [4.69, 9.17) is 4.74 Å². The second-order valence-corrected chi connectivity index (χ2v) is 8.23. The molecule has 0 radical (unpaired) electrons. The lowest BCUT2D eigenvalue weighted by Gasteiger charge is -2.27. The fraction of sp³-hybridized carbons (Fsp3) is 0.250. The van der Waals surface area contributed by atoms with Gasteiger partial charge >= 0.3 is 5.69 Å². The van der Waals surface area contributed by atoms with E-state index in [1.165, 1.54) is 17.7 Å². The molecule has 5 rings (SSSR count). The predicted molar refractivity (Wildman–Crippen MR) is 123 cm³/mol. The molecule has 0 N–H and O–H groups in total. The smallest absolute Gasteiger partial charge is 0.331 e. The molecule has 0 unspecified atom stereocenters. The zero-order valence-electron chi connectivity index (χ0n) is 18.4. The number of rotatable bonds is 3. The third kappa shape index (κ3) is 3.04. The van der Waals surface area contributed by atoms with E-state index >= 15 is 0 Å². The van der Waals surface area contributed by atoms with Gasteiger partial charge in [0.15, 0.2) is 0 Å². The minimum Gasteiger partial charge on any atom is -0.365 e. The zero-order valence-corrected chi connectivity index (χ0v) is 18.4. The Kier molecular flexibility index (Phi) is 4.79. The van der Waals surface area contributed by atoms with Gasteiger partial charge in [-0.3, -0.25) is 24.0 Å². The Morgan fingerprint density at radius 2 is 1.79 bits per heavy atom. The van der Waals surface area contributed by atoms with Gasteiger partial charge in [-0.1, -0.05) is 42.5 Å². The molecule has 9 nitrogen and oxygen atoms in total. The van der Waals surface area contributed by atoms with Crippen LogP contribution in [0.2, 0.25) is 0 Å². The van der Waals surface area contributed by atoms with E-state index in [-0.39, 0.29) is 5.69 Å². The molecule has 0 fully saturated rings. The van der Waals surface area contributed by atoms with Crippen LogP contribution in [0.3, 0.4) is 0 Å². The summed E-state index contributed by atoms with van der Waals surface area (Å²) >= 11 is 0. The fourth-order valence-electron chi connectivity index (χ4n) is 4.72. The summed E-state index contributed by atoms with van der Waals surface area (Å²) in [4.78, 5) is 37.5. The molecule has 4 aromatic rings. The summed E-state index contributed by atoms with van der Waals surface area (Å²) in [7, 11) is 3.07. The van der Waals surface area contributed by atoms with Crippen molar-refractivity contribution in [3.63, 3.8) is 0 Å². The maximum Gasteiger partial charge on any atom is 0.331 e. The molecule has 0 aliphatic carbocycles. The number of fused-ring (bicyclic) bond motifs is 3. The van der Waals surface area contributed by atoms with Crippen LogP contribution >= 0.6 is 0 Å². The van der Waals surface area contributed by atoms with Crippen LogP contribution in [0, 0.1) is 17.0 Å². The largest absolute Gasteiger partial charge is 0.365 e. The summed E-state index contributed by atoms with van der Waals surface area (Å²) in [5, 5.41) is 12.0. The van der Waals surface area contributed by atoms with E-state index in [9.17, 15) is 19.7 Å². The van der Waals surface area contributed by atoms with Gasteiger partial charge in [-0.25, -0.2) is 4.79 Å². The molecule has 0 saturated heterocycles. The first kappa shape index (κ1) is 20.9. The van der Waals surface area contributed by atoms with Crippen molar-refractivity contribution < 1.29 is 9.66 Å². The summed E-state index contributed by atoms with van der Waals surface area (Å²) in [5.74, 6) is 0. The average Bonchev–Trinajstić information content (AvgIpc) is 3.17. The fourth-order valence-corrected chi connectivity index (χ4v) is 4.72. The minimum absolute atomic E-state index is 0.0236. The number of aromatic nitrogens is 3. The van der Waals surface area contributed by atoms with Crippen LogP contribution in [0.5, 0.6) is 0 Å². The lowest BCUT2D eigenvalue weighted by molar-refractivity contribution is -0.385. The van der Waals surface area contributed by atoms with Crippen molar-refractivity contribution in [2.75, 3.05) is 6.61 Å². The van der Waals surface area contributed by atoms with E-state index in [1.54, 1.807) is 26.1 Å². The molecule has 1 aliphatic rings. The van der Waals surface area contributed by atoms with Crippen molar-refractivity contribution >= 4 is 16.6 Å². The van der Waals surface area contributed by atoms with Gasteiger partial charge in [-0.05, 0) is 12.5 Å². The lowest BCUT2D eigenvalue weighted by atomic mass is 10.0. The zero-order chi connectivity index (χ0) is 23.4. The molecule has 2 aromatic heterocycles. The number of nitro groups is 1. The number of hydrogen-bond donors (Lipinski definition) is 0. The second-order valence-electron chi connectivity index (χ2n) is 8.23. The molecular weight excluding hydrogens is 424 g/mol. The van der Waals surface area contributed by atoms with Crippen LogP contribution in [0.1, 0.15) is 22.9 Å². The summed E-state index contributed by atoms with van der Waals surface area (Å²) in [6.45, 7) is 2.51. The van der Waals surface area contributed by atoms with E-state index in [0.29, 0.717) is 46.6 Å².